The van der Waals surface area contributed by atoms with Crippen LogP contribution >= 0.6 is 0 Å². The van der Waals surface area contributed by atoms with Gasteiger partial charge in [-0.2, -0.15) is 0 Å². The summed E-state index contributed by atoms with van der Waals surface area (Å²) in [6.45, 7) is 0.384. The van der Waals surface area contributed by atoms with Crippen molar-refractivity contribution in [1.29, 1.82) is 0 Å². The maximum absolute atomic E-state index is 5.41. The summed E-state index contributed by atoms with van der Waals surface area (Å²) in [4.78, 5) is 8.27. The Balaban J connectivity index is 2.11. The molecule has 0 bridgehead atoms. The molecule has 4 nitrogen and oxygen atoms in total. The Labute approximate surface area is 81.8 Å². The highest BCUT2D eigenvalue weighted by atomic mass is 16.4. The van der Waals surface area contributed by atoms with E-state index in [9.17, 15) is 0 Å². The summed E-state index contributed by atoms with van der Waals surface area (Å²) in [5.74, 6) is 1.36. The Hall–Kier alpha value is -1.68. The van der Waals surface area contributed by atoms with Gasteiger partial charge in [-0.3, -0.25) is 4.98 Å². The summed E-state index contributed by atoms with van der Waals surface area (Å²) < 4.78 is 5.36. The first-order valence-corrected chi connectivity index (χ1v) is 4.42. The van der Waals surface area contributed by atoms with Gasteiger partial charge in [0.05, 0.1) is 19.2 Å². The molecular weight excluding hydrogens is 178 g/mol. The Morgan fingerprint density at radius 1 is 1.29 bits per heavy atom. The zero-order chi connectivity index (χ0) is 9.80. The van der Waals surface area contributed by atoms with Crippen molar-refractivity contribution in [3.63, 3.8) is 0 Å². The fraction of sp³-hybridized carbons (Fsp3) is 0.200. The number of hydrogen-bond donors (Lipinski definition) is 1. The number of rotatable bonds is 3. The molecule has 0 atom stereocenters. The van der Waals surface area contributed by atoms with Gasteiger partial charge < -0.3 is 10.2 Å². The van der Waals surface area contributed by atoms with Crippen molar-refractivity contribution in [3.8, 4) is 0 Å². The summed E-state index contributed by atoms with van der Waals surface area (Å²) in [5, 5.41) is 0. The van der Waals surface area contributed by atoms with Gasteiger partial charge in [-0.1, -0.05) is 6.07 Å². The third-order valence-corrected chi connectivity index (χ3v) is 1.86. The highest BCUT2D eigenvalue weighted by Crippen LogP contribution is 2.07. The minimum Gasteiger partial charge on any atom is -0.444 e. The fourth-order valence-corrected chi connectivity index (χ4v) is 1.18. The summed E-state index contributed by atoms with van der Waals surface area (Å²) in [5.41, 5.74) is 6.35. The van der Waals surface area contributed by atoms with Crippen LogP contribution in [-0.4, -0.2) is 9.97 Å². The third-order valence-electron chi connectivity index (χ3n) is 1.86. The second-order valence-electron chi connectivity index (χ2n) is 2.92. The maximum atomic E-state index is 5.41. The van der Waals surface area contributed by atoms with Gasteiger partial charge in [0, 0.05) is 11.9 Å². The van der Waals surface area contributed by atoms with E-state index < -0.39 is 0 Å². The lowest BCUT2D eigenvalue weighted by molar-refractivity contribution is 0.464. The Kier molecular flexibility index (Phi) is 2.55. The molecule has 72 valence electrons. The van der Waals surface area contributed by atoms with E-state index in [2.05, 4.69) is 9.97 Å². The molecule has 4 heteroatoms. The minimum absolute atomic E-state index is 0.384. The molecule has 0 aliphatic rings. The summed E-state index contributed by atoms with van der Waals surface area (Å²) in [6, 6.07) is 5.76. The number of pyridine rings is 1. The normalized spacial score (nSPS) is 10.4. The largest absolute Gasteiger partial charge is 0.444 e. The van der Waals surface area contributed by atoms with E-state index in [1.807, 2.05) is 18.2 Å². The molecule has 2 aromatic rings. The van der Waals surface area contributed by atoms with E-state index in [4.69, 9.17) is 10.2 Å². The van der Waals surface area contributed by atoms with E-state index >= 15 is 0 Å². The van der Waals surface area contributed by atoms with Crippen molar-refractivity contribution in [2.75, 3.05) is 0 Å². The molecule has 0 aliphatic carbocycles. The molecule has 14 heavy (non-hydrogen) atoms. The summed E-state index contributed by atoms with van der Waals surface area (Å²) in [7, 11) is 0. The molecule has 0 saturated carbocycles. The van der Waals surface area contributed by atoms with Crippen LogP contribution in [0.2, 0.25) is 0 Å². The zero-order valence-corrected chi connectivity index (χ0v) is 7.68. The molecule has 0 radical (unpaired) electrons. The molecule has 2 rings (SSSR count). The van der Waals surface area contributed by atoms with Gasteiger partial charge in [0.25, 0.3) is 0 Å². The predicted octanol–water partition coefficient (Wildman–Crippen LogP) is 1.12. The summed E-state index contributed by atoms with van der Waals surface area (Å²) >= 11 is 0. The van der Waals surface area contributed by atoms with Gasteiger partial charge >= 0.3 is 0 Å². The van der Waals surface area contributed by atoms with E-state index in [-0.39, 0.29) is 0 Å². The quantitative estimate of drug-likeness (QED) is 0.785. The van der Waals surface area contributed by atoms with Crippen LogP contribution in [0.15, 0.2) is 35.0 Å². The van der Waals surface area contributed by atoms with Crippen molar-refractivity contribution in [1.82, 2.24) is 9.97 Å². The van der Waals surface area contributed by atoms with E-state index in [0.717, 1.165) is 5.69 Å². The number of aromatic nitrogens is 2. The molecule has 0 saturated heterocycles. The average Bonchev–Trinajstić information content (AvgIpc) is 2.67. The first kappa shape index (κ1) is 8.90. The highest BCUT2D eigenvalue weighted by molar-refractivity contribution is 5.09. The number of hydrogen-bond acceptors (Lipinski definition) is 4. The van der Waals surface area contributed by atoms with Crippen LogP contribution in [0, 0.1) is 0 Å². The molecule has 2 heterocycles. The van der Waals surface area contributed by atoms with Crippen LogP contribution in [0.25, 0.3) is 0 Å². The smallest absolute Gasteiger partial charge is 0.200 e. The Morgan fingerprint density at radius 2 is 2.21 bits per heavy atom. The van der Waals surface area contributed by atoms with Crippen LogP contribution in [0.3, 0.4) is 0 Å². The predicted molar refractivity (Wildman–Crippen MR) is 51.4 cm³/mol. The van der Waals surface area contributed by atoms with Gasteiger partial charge in [-0.05, 0) is 12.1 Å². The number of nitrogens with two attached hydrogens (primary N) is 1. The topological polar surface area (TPSA) is 64.9 Å². The molecule has 2 aromatic heterocycles. The van der Waals surface area contributed by atoms with Crippen molar-refractivity contribution in [3.05, 3.63) is 47.9 Å². The van der Waals surface area contributed by atoms with Crippen LogP contribution in [0.4, 0.5) is 0 Å². The first-order chi connectivity index (χ1) is 6.88. The van der Waals surface area contributed by atoms with E-state index in [1.54, 1.807) is 12.4 Å². The standard InChI is InChI=1S/C10H11N3O/c11-6-9-7-13-10(14-9)5-8-3-1-2-4-12-8/h1-4,7H,5-6,11H2. The molecule has 0 unspecified atom stereocenters. The third kappa shape index (κ3) is 1.97. The van der Waals surface area contributed by atoms with Gasteiger partial charge in [-0.25, -0.2) is 4.98 Å². The highest BCUT2D eigenvalue weighted by Gasteiger charge is 2.03. The Bertz CT molecular complexity index is 397. The van der Waals surface area contributed by atoms with Crippen LogP contribution < -0.4 is 5.73 Å². The van der Waals surface area contributed by atoms with Crippen molar-refractivity contribution in [2.45, 2.75) is 13.0 Å². The number of nitrogens with zero attached hydrogens (tertiary/aromatic N) is 2. The zero-order valence-electron chi connectivity index (χ0n) is 7.68. The Morgan fingerprint density at radius 3 is 2.86 bits per heavy atom. The lowest BCUT2D eigenvalue weighted by atomic mass is 10.3. The lowest BCUT2D eigenvalue weighted by Crippen LogP contribution is -1.93. The van der Waals surface area contributed by atoms with Crippen LogP contribution in [0.5, 0.6) is 0 Å². The van der Waals surface area contributed by atoms with Crippen molar-refractivity contribution < 1.29 is 4.42 Å². The van der Waals surface area contributed by atoms with E-state index in [0.29, 0.717) is 24.6 Å². The second-order valence-corrected chi connectivity index (χ2v) is 2.92. The van der Waals surface area contributed by atoms with E-state index in [1.165, 1.54) is 0 Å². The maximum Gasteiger partial charge on any atom is 0.200 e. The SMILES string of the molecule is NCc1cnc(Cc2ccccn2)o1. The first-order valence-electron chi connectivity index (χ1n) is 4.42. The molecule has 0 aromatic carbocycles. The molecule has 0 fully saturated rings. The fourth-order valence-electron chi connectivity index (χ4n) is 1.18. The molecular formula is C10H11N3O. The average molecular weight is 189 g/mol. The van der Waals surface area contributed by atoms with Crippen LogP contribution in [-0.2, 0) is 13.0 Å². The van der Waals surface area contributed by atoms with Gasteiger partial charge in [0.2, 0.25) is 0 Å². The van der Waals surface area contributed by atoms with Crippen molar-refractivity contribution in [2.24, 2.45) is 5.73 Å². The number of oxazole rings is 1. The molecule has 0 aliphatic heterocycles. The second kappa shape index (κ2) is 4.02. The monoisotopic (exact) mass is 189 g/mol. The summed E-state index contributed by atoms with van der Waals surface area (Å²) in [6.07, 6.45) is 4.02. The lowest BCUT2D eigenvalue weighted by Gasteiger charge is -1.94. The minimum atomic E-state index is 0.384. The molecule has 0 amide bonds. The molecule has 2 N–H and O–H groups in total. The van der Waals surface area contributed by atoms with Gasteiger partial charge in [0.15, 0.2) is 5.89 Å². The van der Waals surface area contributed by atoms with Crippen molar-refractivity contribution >= 4 is 0 Å². The van der Waals surface area contributed by atoms with Gasteiger partial charge in [0.1, 0.15) is 5.76 Å². The molecule has 0 spiro atoms. The van der Waals surface area contributed by atoms with Crippen LogP contribution in [0.1, 0.15) is 17.3 Å². The van der Waals surface area contributed by atoms with Gasteiger partial charge in [-0.15, -0.1) is 0 Å².